The smallest absolute Gasteiger partial charge is 0.293 e. The Balaban J connectivity index is 1.54. The van der Waals surface area contributed by atoms with Gasteiger partial charge in [-0.3, -0.25) is 9.89 Å². The van der Waals surface area contributed by atoms with E-state index in [-0.39, 0.29) is 5.91 Å². The Bertz CT molecular complexity index is 495. The Hall–Kier alpha value is -1.43. The third-order valence-corrected chi connectivity index (χ3v) is 4.60. The van der Waals surface area contributed by atoms with Gasteiger partial charge in [0.15, 0.2) is 0 Å². The lowest BCUT2D eigenvalue weighted by atomic mass is 9.92. The topological polar surface area (TPSA) is 73.9 Å². The summed E-state index contributed by atoms with van der Waals surface area (Å²) in [6, 6.07) is 0.337. The second kappa shape index (κ2) is 4.30. The predicted octanol–water partition coefficient (Wildman–Crippen LogP) is 0.506. The van der Waals surface area contributed by atoms with Gasteiger partial charge < -0.3 is 10.2 Å². The maximum absolute atomic E-state index is 12.6. The normalized spacial score (nSPS) is 30.4. The Morgan fingerprint density at radius 1 is 1.26 bits per heavy atom. The van der Waals surface area contributed by atoms with Crippen LogP contribution in [0.2, 0.25) is 0 Å². The van der Waals surface area contributed by atoms with E-state index in [4.69, 9.17) is 0 Å². The second-order valence-electron chi connectivity index (χ2n) is 5.94. The summed E-state index contributed by atoms with van der Waals surface area (Å²) >= 11 is 0. The van der Waals surface area contributed by atoms with Gasteiger partial charge in [0.05, 0.1) is 0 Å². The van der Waals surface area contributed by atoms with Crippen LogP contribution in [0, 0.1) is 5.92 Å². The van der Waals surface area contributed by atoms with Crippen molar-refractivity contribution in [2.24, 2.45) is 5.92 Å². The van der Waals surface area contributed by atoms with Gasteiger partial charge in [-0.15, -0.1) is 5.10 Å². The molecule has 0 radical (unpaired) electrons. The van der Waals surface area contributed by atoms with Crippen LogP contribution in [0.4, 0.5) is 0 Å². The number of nitrogens with one attached hydrogen (secondary N) is 2. The van der Waals surface area contributed by atoms with Crippen LogP contribution in [0.1, 0.15) is 48.0 Å². The molecule has 6 heteroatoms. The number of piperidine rings is 1. The number of hydrogen-bond donors (Lipinski definition) is 2. The number of nitrogens with zero attached hydrogens (tertiary/aromatic N) is 3. The SMILES string of the molecule is O=C(c1n[nH]c(C2CC2)n1)N1CCCC2CNCC21. The van der Waals surface area contributed by atoms with Crippen LogP contribution in [0.15, 0.2) is 0 Å². The molecule has 6 nitrogen and oxygen atoms in total. The van der Waals surface area contributed by atoms with Crippen LogP contribution >= 0.6 is 0 Å². The van der Waals surface area contributed by atoms with Crippen molar-refractivity contribution in [3.05, 3.63) is 11.6 Å². The van der Waals surface area contributed by atoms with E-state index in [0.717, 1.165) is 31.9 Å². The van der Waals surface area contributed by atoms with Crippen LogP contribution in [0.5, 0.6) is 0 Å². The monoisotopic (exact) mass is 261 g/mol. The second-order valence-corrected chi connectivity index (χ2v) is 5.94. The molecule has 3 aliphatic rings. The lowest BCUT2D eigenvalue weighted by Gasteiger charge is -2.36. The highest BCUT2D eigenvalue weighted by atomic mass is 16.2. The lowest BCUT2D eigenvalue weighted by molar-refractivity contribution is 0.0562. The van der Waals surface area contributed by atoms with Crippen LogP contribution in [0.25, 0.3) is 0 Å². The van der Waals surface area contributed by atoms with Crippen LogP contribution in [-0.4, -0.2) is 51.7 Å². The highest BCUT2D eigenvalue weighted by molar-refractivity contribution is 5.90. The fourth-order valence-electron chi connectivity index (χ4n) is 3.36. The van der Waals surface area contributed by atoms with Gasteiger partial charge in [-0.2, -0.15) is 0 Å². The van der Waals surface area contributed by atoms with Crippen molar-refractivity contribution in [2.75, 3.05) is 19.6 Å². The van der Waals surface area contributed by atoms with E-state index in [1.807, 2.05) is 4.90 Å². The molecule has 2 unspecified atom stereocenters. The molecular weight excluding hydrogens is 242 g/mol. The van der Waals surface area contributed by atoms with E-state index in [1.54, 1.807) is 0 Å². The maximum Gasteiger partial charge on any atom is 0.293 e. The summed E-state index contributed by atoms with van der Waals surface area (Å²) < 4.78 is 0. The van der Waals surface area contributed by atoms with E-state index in [1.165, 1.54) is 19.3 Å². The zero-order valence-electron chi connectivity index (χ0n) is 10.9. The number of carbonyl (C=O) groups is 1. The minimum atomic E-state index is 0.00144. The minimum Gasteiger partial charge on any atom is -0.331 e. The van der Waals surface area contributed by atoms with Crippen LogP contribution < -0.4 is 5.32 Å². The summed E-state index contributed by atoms with van der Waals surface area (Å²) in [5.41, 5.74) is 0. The molecule has 2 saturated heterocycles. The molecule has 2 atom stereocenters. The van der Waals surface area contributed by atoms with Crippen molar-refractivity contribution in [3.63, 3.8) is 0 Å². The minimum absolute atomic E-state index is 0.00144. The summed E-state index contributed by atoms with van der Waals surface area (Å²) in [7, 11) is 0. The molecule has 1 aromatic rings. The van der Waals surface area contributed by atoms with Crippen LogP contribution in [0.3, 0.4) is 0 Å². The number of hydrogen-bond acceptors (Lipinski definition) is 4. The molecule has 1 amide bonds. The molecule has 0 bridgehead atoms. The average Bonchev–Trinajstić information content (AvgIpc) is 2.99. The highest BCUT2D eigenvalue weighted by Gasteiger charge is 2.39. The number of H-pyrrole nitrogens is 1. The van der Waals surface area contributed by atoms with Gasteiger partial charge >= 0.3 is 0 Å². The maximum atomic E-state index is 12.6. The molecule has 1 aliphatic carbocycles. The number of carbonyl (C=O) groups excluding carboxylic acids is 1. The number of likely N-dealkylation sites (tertiary alicyclic amines) is 1. The number of amides is 1. The van der Waals surface area contributed by atoms with Crippen molar-refractivity contribution in [3.8, 4) is 0 Å². The van der Waals surface area contributed by atoms with Gasteiger partial charge in [-0.05, 0) is 31.6 Å². The first-order valence-corrected chi connectivity index (χ1v) is 7.27. The Labute approximate surface area is 112 Å². The van der Waals surface area contributed by atoms with Crippen molar-refractivity contribution < 1.29 is 4.79 Å². The standard InChI is InChI=1S/C13H19N5O/c19-13(12-15-11(16-17-12)8-3-4-8)18-5-1-2-9-6-14-7-10(9)18/h8-10,14H,1-7H2,(H,15,16,17). The molecule has 102 valence electrons. The third-order valence-electron chi connectivity index (χ3n) is 4.60. The van der Waals surface area contributed by atoms with Crippen molar-refractivity contribution in [1.29, 1.82) is 0 Å². The fourth-order valence-corrected chi connectivity index (χ4v) is 3.36. The molecule has 19 heavy (non-hydrogen) atoms. The summed E-state index contributed by atoms with van der Waals surface area (Å²) in [5.74, 6) is 2.37. The molecule has 4 rings (SSSR count). The molecule has 0 spiro atoms. The first-order chi connectivity index (χ1) is 9.33. The van der Waals surface area contributed by atoms with Gasteiger partial charge in [-0.1, -0.05) is 0 Å². The van der Waals surface area contributed by atoms with E-state index >= 15 is 0 Å². The molecule has 2 N–H and O–H groups in total. The lowest BCUT2D eigenvalue weighted by Crippen LogP contribution is -2.48. The van der Waals surface area contributed by atoms with Crippen molar-refractivity contribution in [1.82, 2.24) is 25.4 Å². The summed E-state index contributed by atoms with van der Waals surface area (Å²) in [4.78, 5) is 18.9. The molecule has 0 aromatic carbocycles. The molecule has 3 fully saturated rings. The van der Waals surface area contributed by atoms with Gasteiger partial charge in [0.25, 0.3) is 5.91 Å². The Morgan fingerprint density at radius 2 is 2.16 bits per heavy atom. The number of aromatic nitrogens is 3. The molecular formula is C13H19N5O. The van der Waals surface area contributed by atoms with E-state index in [2.05, 4.69) is 20.5 Å². The van der Waals surface area contributed by atoms with Gasteiger partial charge in [0.2, 0.25) is 5.82 Å². The van der Waals surface area contributed by atoms with Crippen molar-refractivity contribution >= 4 is 5.91 Å². The van der Waals surface area contributed by atoms with Gasteiger partial charge in [0.1, 0.15) is 5.82 Å². The third kappa shape index (κ3) is 1.94. The Kier molecular flexibility index (Phi) is 2.58. The molecule has 2 aliphatic heterocycles. The predicted molar refractivity (Wildman–Crippen MR) is 68.8 cm³/mol. The highest BCUT2D eigenvalue weighted by Crippen LogP contribution is 2.37. The summed E-state index contributed by atoms with van der Waals surface area (Å²) in [6.45, 7) is 2.79. The Morgan fingerprint density at radius 3 is 3.00 bits per heavy atom. The zero-order chi connectivity index (χ0) is 12.8. The van der Waals surface area contributed by atoms with Crippen molar-refractivity contribution in [2.45, 2.75) is 37.6 Å². The van der Waals surface area contributed by atoms with E-state index in [0.29, 0.717) is 23.7 Å². The first-order valence-electron chi connectivity index (χ1n) is 7.27. The van der Waals surface area contributed by atoms with E-state index in [9.17, 15) is 4.79 Å². The summed E-state index contributed by atoms with van der Waals surface area (Å²) in [5, 5.41) is 10.4. The summed E-state index contributed by atoms with van der Waals surface area (Å²) in [6.07, 6.45) is 4.65. The quantitative estimate of drug-likeness (QED) is 0.813. The van der Waals surface area contributed by atoms with Crippen LogP contribution in [-0.2, 0) is 0 Å². The largest absolute Gasteiger partial charge is 0.331 e. The average molecular weight is 261 g/mol. The number of rotatable bonds is 2. The molecule has 3 heterocycles. The van der Waals surface area contributed by atoms with Gasteiger partial charge in [0, 0.05) is 31.6 Å². The molecule has 1 aromatic heterocycles. The first kappa shape index (κ1) is 11.4. The molecule has 1 saturated carbocycles. The van der Waals surface area contributed by atoms with E-state index < -0.39 is 0 Å². The zero-order valence-corrected chi connectivity index (χ0v) is 10.9. The van der Waals surface area contributed by atoms with Gasteiger partial charge in [-0.25, -0.2) is 4.98 Å². The number of fused-ring (bicyclic) bond motifs is 1. The number of aromatic amines is 1. The fraction of sp³-hybridized carbons (Fsp3) is 0.769.